The third kappa shape index (κ3) is 4.05. The molecule has 2 N–H and O–H groups in total. The van der Waals surface area contributed by atoms with Crippen LogP contribution in [0.2, 0.25) is 0 Å². The van der Waals surface area contributed by atoms with Gasteiger partial charge in [-0.25, -0.2) is 4.79 Å². The van der Waals surface area contributed by atoms with Crippen molar-refractivity contribution in [1.29, 1.82) is 0 Å². The summed E-state index contributed by atoms with van der Waals surface area (Å²) in [4.78, 5) is 22.3. The zero-order valence-electron chi connectivity index (χ0n) is 9.80. The molecule has 102 valence electrons. The normalized spacial score (nSPS) is 17.8. The number of amides is 1. The van der Waals surface area contributed by atoms with Crippen molar-refractivity contribution in [3.05, 3.63) is 11.1 Å². The number of allylic oxidation sites excluding steroid dienone is 1. The van der Waals surface area contributed by atoms with Crippen LogP contribution in [0.3, 0.4) is 0 Å². The zero-order valence-corrected chi connectivity index (χ0v) is 9.80. The van der Waals surface area contributed by atoms with Gasteiger partial charge in [0.05, 0.1) is 6.42 Å². The topological polar surface area (TPSA) is 66.4 Å². The molecular formula is C11H14F3NO3. The van der Waals surface area contributed by atoms with Gasteiger partial charge in [-0.15, -0.1) is 0 Å². The maximum absolute atomic E-state index is 12.1. The number of aliphatic carboxylic acids is 1. The second-order valence-electron chi connectivity index (χ2n) is 4.30. The van der Waals surface area contributed by atoms with Gasteiger partial charge in [-0.3, -0.25) is 4.79 Å². The van der Waals surface area contributed by atoms with E-state index in [9.17, 15) is 22.8 Å². The van der Waals surface area contributed by atoms with Crippen molar-refractivity contribution in [2.75, 3.05) is 0 Å². The molecule has 1 aliphatic rings. The molecule has 1 amide bonds. The summed E-state index contributed by atoms with van der Waals surface area (Å²) >= 11 is 0. The minimum atomic E-state index is -4.63. The number of hydrogen-bond acceptors (Lipinski definition) is 2. The number of carboxylic acid groups (broad SMARTS) is 1. The number of halogens is 3. The lowest BCUT2D eigenvalue weighted by molar-refractivity contribution is -0.159. The minimum absolute atomic E-state index is 0.406. The summed E-state index contributed by atoms with van der Waals surface area (Å²) in [6.45, 7) is 1.72. The lowest BCUT2D eigenvalue weighted by atomic mass is 10.1. The number of nitrogens with one attached hydrogen (secondary N) is 1. The monoisotopic (exact) mass is 265 g/mol. The van der Waals surface area contributed by atoms with Crippen molar-refractivity contribution >= 4 is 11.9 Å². The van der Waals surface area contributed by atoms with Crippen molar-refractivity contribution in [2.24, 2.45) is 0 Å². The van der Waals surface area contributed by atoms with E-state index in [1.165, 1.54) is 0 Å². The van der Waals surface area contributed by atoms with Gasteiger partial charge in [0.15, 0.2) is 0 Å². The van der Waals surface area contributed by atoms with Crippen LogP contribution in [0.1, 0.15) is 32.6 Å². The molecule has 1 aliphatic carbocycles. The number of alkyl halides is 3. The fourth-order valence-electron chi connectivity index (χ4n) is 1.88. The van der Waals surface area contributed by atoms with Gasteiger partial charge < -0.3 is 10.4 Å². The van der Waals surface area contributed by atoms with E-state index in [2.05, 4.69) is 0 Å². The van der Waals surface area contributed by atoms with Gasteiger partial charge in [0.25, 0.3) is 0 Å². The van der Waals surface area contributed by atoms with Crippen LogP contribution in [0.25, 0.3) is 0 Å². The molecule has 0 aromatic carbocycles. The van der Waals surface area contributed by atoms with Crippen molar-refractivity contribution in [3.8, 4) is 0 Å². The van der Waals surface area contributed by atoms with E-state index in [1.807, 2.05) is 5.32 Å². The predicted octanol–water partition coefficient (Wildman–Crippen LogP) is 2.01. The molecule has 0 saturated heterocycles. The Kier molecular flexibility index (Phi) is 4.37. The second kappa shape index (κ2) is 5.41. The summed E-state index contributed by atoms with van der Waals surface area (Å²) in [5, 5.41) is 10.6. The first kappa shape index (κ1) is 14.5. The van der Waals surface area contributed by atoms with Crippen LogP contribution in [0, 0.1) is 0 Å². The Hall–Kier alpha value is -1.53. The molecular weight excluding hydrogens is 251 g/mol. The quantitative estimate of drug-likeness (QED) is 0.817. The predicted molar refractivity (Wildman–Crippen MR) is 56.8 cm³/mol. The van der Waals surface area contributed by atoms with Gasteiger partial charge in [-0.1, -0.05) is 5.57 Å². The number of carbonyl (C=O) groups is 2. The molecule has 7 heteroatoms. The first-order chi connectivity index (χ1) is 8.20. The molecule has 0 aromatic heterocycles. The second-order valence-corrected chi connectivity index (χ2v) is 4.30. The molecule has 0 aliphatic heterocycles. The highest BCUT2D eigenvalue weighted by molar-refractivity contribution is 5.96. The highest BCUT2D eigenvalue weighted by Gasteiger charge is 2.36. The van der Waals surface area contributed by atoms with Gasteiger partial charge in [-0.2, -0.15) is 13.2 Å². The molecule has 0 radical (unpaired) electrons. The fraction of sp³-hybridized carbons (Fsp3) is 0.636. The zero-order chi connectivity index (χ0) is 13.9. The van der Waals surface area contributed by atoms with Crippen molar-refractivity contribution in [3.63, 3.8) is 0 Å². The maximum atomic E-state index is 12.1. The van der Waals surface area contributed by atoms with Crippen LogP contribution in [0.4, 0.5) is 13.2 Å². The molecule has 1 unspecified atom stereocenters. The van der Waals surface area contributed by atoms with Crippen molar-refractivity contribution in [1.82, 2.24) is 5.32 Å². The molecule has 0 fully saturated rings. The van der Waals surface area contributed by atoms with Gasteiger partial charge >= 0.3 is 12.1 Å². The summed E-state index contributed by atoms with van der Waals surface area (Å²) < 4.78 is 36.4. The minimum Gasteiger partial charge on any atom is -0.480 e. The van der Waals surface area contributed by atoms with Gasteiger partial charge in [-0.05, 0) is 26.2 Å². The Bertz CT molecular complexity index is 387. The summed E-state index contributed by atoms with van der Waals surface area (Å²) in [5.41, 5.74) is 1.21. The Morgan fingerprint density at radius 3 is 2.39 bits per heavy atom. The average Bonchev–Trinajstić information content (AvgIpc) is 2.61. The molecule has 0 heterocycles. The largest absolute Gasteiger partial charge is 0.480 e. The van der Waals surface area contributed by atoms with E-state index in [1.54, 1.807) is 6.92 Å². The number of carbonyl (C=O) groups excluding carboxylic acids is 1. The fourth-order valence-corrected chi connectivity index (χ4v) is 1.88. The molecule has 0 saturated carbocycles. The molecule has 4 nitrogen and oxygen atoms in total. The molecule has 0 spiro atoms. The van der Waals surface area contributed by atoms with Gasteiger partial charge in [0, 0.05) is 5.57 Å². The Morgan fingerprint density at radius 1 is 1.39 bits per heavy atom. The summed E-state index contributed by atoms with van der Waals surface area (Å²) in [6.07, 6.45) is -4.22. The van der Waals surface area contributed by atoms with Gasteiger partial charge in [0.1, 0.15) is 6.04 Å². The van der Waals surface area contributed by atoms with E-state index in [0.717, 1.165) is 18.4 Å². The van der Waals surface area contributed by atoms with Crippen molar-refractivity contribution in [2.45, 2.75) is 44.8 Å². The SMILES string of the molecule is CC1=C(C(=O)NC(CC(F)(F)F)C(=O)O)CCC1. The van der Waals surface area contributed by atoms with E-state index in [-0.39, 0.29) is 0 Å². The number of carboxylic acids is 1. The van der Waals surface area contributed by atoms with E-state index < -0.39 is 30.5 Å². The van der Waals surface area contributed by atoms with Gasteiger partial charge in [0.2, 0.25) is 5.91 Å². The average molecular weight is 265 g/mol. The first-order valence-electron chi connectivity index (χ1n) is 5.50. The van der Waals surface area contributed by atoms with Crippen LogP contribution in [-0.2, 0) is 9.59 Å². The molecule has 0 bridgehead atoms. The standard InChI is InChI=1S/C11H14F3NO3/c1-6-3-2-4-7(6)9(16)15-8(10(17)18)5-11(12,13)14/h8H,2-5H2,1H3,(H,15,16)(H,17,18). The first-order valence-corrected chi connectivity index (χ1v) is 5.50. The van der Waals surface area contributed by atoms with Crippen molar-refractivity contribution < 1.29 is 27.9 Å². The molecule has 1 atom stereocenters. The summed E-state index contributed by atoms with van der Waals surface area (Å²) in [5.74, 6) is -2.39. The summed E-state index contributed by atoms with van der Waals surface area (Å²) in [6, 6.07) is -1.93. The van der Waals surface area contributed by atoms with E-state index in [4.69, 9.17) is 5.11 Å². The number of rotatable bonds is 4. The molecule has 1 rings (SSSR count). The smallest absolute Gasteiger partial charge is 0.391 e. The van der Waals surface area contributed by atoms with E-state index in [0.29, 0.717) is 12.0 Å². The lowest BCUT2D eigenvalue weighted by Crippen LogP contribution is -2.44. The maximum Gasteiger partial charge on any atom is 0.391 e. The molecule has 18 heavy (non-hydrogen) atoms. The Morgan fingerprint density at radius 2 is 2.00 bits per heavy atom. The van der Waals surface area contributed by atoms with Crippen LogP contribution in [0.15, 0.2) is 11.1 Å². The van der Waals surface area contributed by atoms with E-state index >= 15 is 0 Å². The lowest BCUT2D eigenvalue weighted by Gasteiger charge is -2.17. The molecule has 0 aromatic rings. The van der Waals surface area contributed by atoms with Crippen LogP contribution in [0.5, 0.6) is 0 Å². The van der Waals surface area contributed by atoms with Crippen LogP contribution >= 0.6 is 0 Å². The Balaban J connectivity index is 2.70. The summed E-state index contributed by atoms with van der Waals surface area (Å²) in [7, 11) is 0. The highest BCUT2D eigenvalue weighted by atomic mass is 19.4. The van der Waals surface area contributed by atoms with Crippen LogP contribution in [-0.4, -0.2) is 29.2 Å². The number of hydrogen-bond donors (Lipinski definition) is 2. The third-order valence-corrected chi connectivity index (χ3v) is 2.81. The Labute approximate surface area is 102 Å². The highest BCUT2D eigenvalue weighted by Crippen LogP contribution is 2.26. The van der Waals surface area contributed by atoms with Crippen LogP contribution < -0.4 is 5.32 Å². The third-order valence-electron chi connectivity index (χ3n) is 2.81.